The van der Waals surface area contributed by atoms with Gasteiger partial charge in [0.25, 0.3) is 0 Å². The van der Waals surface area contributed by atoms with E-state index in [4.69, 9.17) is 0 Å². The van der Waals surface area contributed by atoms with Crippen LogP contribution in [-0.4, -0.2) is 50.6 Å². The van der Waals surface area contributed by atoms with Crippen molar-refractivity contribution in [2.45, 2.75) is 121 Å². The second kappa shape index (κ2) is 13.9. The Labute approximate surface area is 238 Å². The largest absolute Gasteiger partial charge is 0.336 e. The predicted octanol–water partition coefficient (Wildman–Crippen LogP) is 3.15. The molecule has 222 valence electrons. The van der Waals surface area contributed by atoms with E-state index >= 15 is 0 Å². The smallest absolute Gasteiger partial charge is 0.247 e. The first-order chi connectivity index (χ1) is 19.8. The Hall–Kier alpha value is -3.45. The molecule has 0 radical (unpaired) electrons. The first-order valence-electron chi connectivity index (χ1n) is 15.0. The second-order valence-electron chi connectivity index (χ2n) is 12.0. The zero-order valence-corrected chi connectivity index (χ0v) is 23.9. The Kier molecular flexibility index (Phi) is 10.4. The van der Waals surface area contributed by atoms with Crippen LogP contribution in [0.3, 0.4) is 0 Å². The zero-order valence-electron chi connectivity index (χ0n) is 23.9. The number of hydrogen-bond donors (Lipinski definition) is 0. The highest BCUT2D eigenvalue weighted by Gasteiger charge is 2.40. The molecule has 12 nitrogen and oxygen atoms in total. The van der Waals surface area contributed by atoms with E-state index in [1.165, 1.54) is 13.7 Å². The summed E-state index contributed by atoms with van der Waals surface area (Å²) in [6.45, 7) is 3.73. The fourth-order valence-corrected chi connectivity index (χ4v) is 7.74. The van der Waals surface area contributed by atoms with Crippen LogP contribution < -0.4 is 17.1 Å². The average molecular weight is 569 g/mol. The molecular formula is C29H40N6O6. The number of rotatable bonds is 9. The molecule has 0 saturated heterocycles. The van der Waals surface area contributed by atoms with E-state index in [-0.39, 0.29) is 24.3 Å². The van der Waals surface area contributed by atoms with Gasteiger partial charge in [0.2, 0.25) is 18.2 Å². The summed E-state index contributed by atoms with van der Waals surface area (Å²) in [6, 6.07) is -2.52. The molecule has 0 spiro atoms. The molecular weight excluding hydrogens is 528 g/mol. The van der Waals surface area contributed by atoms with Crippen molar-refractivity contribution in [1.29, 1.82) is 0 Å². The van der Waals surface area contributed by atoms with Crippen LogP contribution in [0.2, 0.25) is 0 Å². The standard InChI is InChI=1S/C29H40N6O6/c1-19(31-17-37)22-10-4-7-13-25(22)34-27(39)33(24-12-6-3-9-21(24)15-30-16-36)28(40)35(29(34)41)26-14-8-5-11-23(26)20(2)32-18-38/h19-26H,3-15H2,1-2H3. The van der Waals surface area contributed by atoms with E-state index in [1.807, 2.05) is 0 Å². The summed E-state index contributed by atoms with van der Waals surface area (Å²) in [5.74, 6) is -0.730. The lowest BCUT2D eigenvalue weighted by Crippen LogP contribution is -2.60. The summed E-state index contributed by atoms with van der Waals surface area (Å²) < 4.78 is 3.73. The van der Waals surface area contributed by atoms with Crippen LogP contribution in [0.15, 0.2) is 29.4 Å². The average Bonchev–Trinajstić information content (AvgIpc) is 2.97. The van der Waals surface area contributed by atoms with E-state index in [0.717, 1.165) is 38.5 Å². The summed E-state index contributed by atoms with van der Waals surface area (Å²) in [6.07, 6.45) is 13.5. The van der Waals surface area contributed by atoms with Crippen molar-refractivity contribution >= 4 is 18.2 Å². The topological polar surface area (TPSA) is 154 Å². The first kappa shape index (κ1) is 30.5. The molecule has 0 aliphatic heterocycles. The van der Waals surface area contributed by atoms with Gasteiger partial charge in [-0.05, 0) is 52.4 Å². The summed E-state index contributed by atoms with van der Waals surface area (Å²) in [5.41, 5.74) is -1.98. The monoisotopic (exact) mass is 568 g/mol. The van der Waals surface area contributed by atoms with E-state index in [1.54, 1.807) is 32.1 Å². The Balaban J connectivity index is 1.99. The fourth-order valence-electron chi connectivity index (χ4n) is 7.74. The van der Waals surface area contributed by atoms with E-state index in [9.17, 15) is 28.8 Å². The molecule has 3 aliphatic carbocycles. The molecule has 1 aromatic heterocycles. The lowest BCUT2D eigenvalue weighted by molar-refractivity contribution is 0.152. The van der Waals surface area contributed by atoms with Gasteiger partial charge in [0.05, 0.1) is 18.6 Å². The third-order valence-electron chi connectivity index (χ3n) is 9.81. The number of isocyanates is 3. The number of aliphatic imine (C=N–C) groups is 3. The number of hydrogen-bond acceptors (Lipinski definition) is 9. The van der Waals surface area contributed by atoms with Crippen molar-refractivity contribution in [2.75, 3.05) is 6.54 Å². The number of nitrogens with zero attached hydrogens (tertiary/aromatic N) is 6. The van der Waals surface area contributed by atoms with E-state index < -0.39 is 47.3 Å². The van der Waals surface area contributed by atoms with Crippen LogP contribution in [0.5, 0.6) is 0 Å². The highest BCUT2D eigenvalue weighted by molar-refractivity contribution is 5.34. The molecule has 8 atom stereocenters. The summed E-state index contributed by atoms with van der Waals surface area (Å²) in [7, 11) is 0. The molecule has 12 heteroatoms. The molecule has 8 unspecified atom stereocenters. The van der Waals surface area contributed by atoms with Crippen molar-refractivity contribution in [2.24, 2.45) is 32.7 Å². The minimum absolute atomic E-state index is 0.146. The lowest BCUT2D eigenvalue weighted by atomic mass is 9.79. The normalized spacial score (nSPS) is 29.7. The molecule has 4 rings (SSSR count). The molecule has 3 aliphatic rings. The highest BCUT2D eigenvalue weighted by atomic mass is 16.2. The minimum atomic E-state index is -0.659. The van der Waals surface area contributed by atoms with Gasteiger partial charge in [-0.3, -0.25) is 0 Å². The van der Waals surface area contributed by atoms with Crippen molar-refractivity contribution in [3.05, 3.63) is 31.5 Å². The maximum Gasteiger partial charge on any atom is 0.336 e. The third kappa shape index (κ3) is 6.25. The van der Waals surface area contributed by atoms with Crippen LogP contribution in [0.1, 0.15) is 109 Å². The summed E-state index contributed by atoms with van der Waals surface area (Å²) >= 11 is 0. The van der Waals surface area contributed by atoms with E-state index in [0.29, 0.717) is 38.5 Å². The SMILES string of the molecule is CC(N=C=O)C1CCCCC1n1c(=O)n(C2CCCCC2CN=C=O)c(=O)n(C2CCCCC2C(C)N=C=O)c1=O. The summed E-state index contributed by atoms with van der Waals surface area (Å²) in [5, 5.41) is 0. The second-order valence-corrected chi connectivity index (χ2v) is 12.0. The highest BCUT2D eigenvalue weighted by Crippen LogP contribution is 2.38. The van der Waals surface area contributed by atoms with E-state index in [2.05, 4.69) is 15.0 Å². The Morgan fingerprint density at radius 2 is 1.00 bits per heavy atom. The van der Waals surface area contributed by atoms with Gasteiger partial charge in [-0.2, -0.15) is 0 Å². The van der Waals surface area contributed by atoms with Gasteiger partial charge in [-0.25, -0.2) is 57.4 Å². The quantitative estimate of drug-likeness (QED) is 0.329. The van der Waals surface area contributed by atoms with Crippen LogP contribution in [0, 0.1) is 17.8 Å². The van der Waals surface area contributed by atoms with Gasteiger partial charge in [0.1, 0.15) is 0 Å². The number of aromatic nitrogens is 3. The minimum Gasteiger partial charge on any atom is -0.247 e. The Morgan fingerprint density at radius 1 is 0.610 bits per heavy atom. The van der Waals surface area contributed by atoms with Crippen molar-refractivity contribution < 1.29 is 14.4 Å². The Bertz CT molecular complexity index is 1330. The molecule has 1 heterocycles. The Morgan fingerprint density at radius 3 is 1.44 bits per heavy atom. The van der Waals surface area contributed by atoms with Gasteiger partial charge < -0.3 is 0 Å². The molecule has 0 bridgehead atoms. The van der Waals surface area contributed by atoms with Gasteiger partial charge in [-0.15, -0.1) is 0 Å². The fraction of sp³-hybridized carbons (Fsp3) is 0.793. The van der Waals surface area contributed by atoms with Gasteiger partial charge >= 0.3 is 17.1 Å². The van der Waals surface area contributed by atoms with Crippen molar-refractivity contribution in [3.63, 3.8) is 0 Å². The van der Waals surface area contributed by atoms with Crippen LogP contribution in [-0.2, 0) is 14.4 Å². The van der Waals surface area contributed by atoms with Crippen molar-refractivity contribution in [3.8, 4) is 0 Å². The van der Waals surface area contributed by atoms with Gasteiger partial charge in [0, 0.05) is 35.9 Å². The molecule has 1 aromatic rings. The van der Waals surface area contributed by atoms with Crippen LogP contribution >= 0.6 is 0 Å². The van der Waals surface area contributed by atoms with Gasteiger partial charge in [-0.1, -0.05) is 38.5 Å². The first-order valence-corrected chi connectivity index (χ1v) is 15.0. The molecule has 3 saturated carbocycles. The summed E-state index contributed by atoms with van der Waals surface area (Å²) in [4.78, 5) is 87.9. The van der Waals surface area contributed by atoms with Crippen LogP contribution in [0.4, 0.5) is 0 Å². The zero-order chi connectivity index (χ0) is 29.5. The maximum absolute atomic E-state index is 14.4. The molecule has 41 heavy (non-hydrogen) atoms. The van der Waals surface area contributed by atoms with Crippen molar-refractivity contribution in [1.82, 2.24) is 13.7 Å². The molecule has 0 N–H and O–H groups in total. The third-order valence-corrected chi connectivity index (χ3v) is 9.81. The maximum atomic E-state index is 14.4. The van der Waals surface area contributed by atoms with Gasteiger partial charge in [0.15, 0.2) is 0 Å². The molecule has 0 aromatic carbocycles. The predicted molar refractivity (Wildman–Crippen MR) is 150 cm³/mol. The molecule has 3 fully saturated rings. The lowest BCUT2D eigenvalue weighted by Gasteiger charge is -2.38. The number of carbonyl (C=O) groups excluding carboxylic acids is 3. The molecule has 0 amide bonds. The van der Waals surface area contributed by atoms with Crippen LogP contribution in [0.25, 0.3) is 0 Å².